The summed E-state index contributed by atoms with van der Waals surface area (Å²) in [5.41, 5.74) is 3.47. The van der Waals surface area contributed by atoms with Gasteiger partial charge in [-0.25, -0.2) is 4.68 Å². The lowest BCUT2D eigenvalue weighted by Gasteiger charge is -2.26. The van der Waals surface area contributed by atoms with Gasteiger partial charge in [0.05, 0.1) is 11.4 Å². The summed E-state index contributed by atoms with van der Waals surface area (Å²) < 4.78 is 1.96. The highest BCUT2D eigenvalue weighted by molar-refractivity contribution is 6.34. The molecule has 0 unspecified atom stereocenters. The summed E-state index contributed by atoms with van der Waals surface area (Å²) in [4.78, 5) is 2.56. The van der Waals surface area contributed by atoms with Gasteiger partial charge in [0.25, 0.3) is 0 Å². The molecule has 24 heavy (non-hydrogen) atoms. The Bertz CT molecular complexity index is 715. The zero-order valence-corrected chi connectivity index (χ0v) is 15.2. The van der Waals surface area contributed by atoms with Crippen LogP contribution in [-0.4, -0.2) is 40.9 Å². The van der Waals surface area contributed by atoms with E-state index in [0.717, 1.165) is 37.4 Å². The van der Waals surface area contributed by atoms with Crippen LogP contribution < -0.4 is 5.32 Å². The molecule has 0 atom stereocenters. The van der Waals surface area contributed by atoms with E-state index in [1.54, 1.807) is 6.07 Å². The van der Waals surface area contributed by atoms with Crippen LogP contribution in [0.1, 0.15) is 30.5 Å². The Morgan fingerprint density at radius 3 is 2.54 bits per heavy atom. The maximum Gasteiger partial charge on any atom is 0.133 e. The van der Waals surface area contributed by atoms with Crippen molar-refractivity contribution in [3.63, 3.8) is 0 Å². The molecule has 0 bridgehead atoms. The number of nitrogens with zero attached hydrogens (tertiary/aromatic N) is 3. The number of fused-ring (bicyclic) bond motifs is 1. The molecule has 0 spiro atoms. The van der Waals surface area contributed by atoms with Crippen molar-refractivity contribution >= 4 is 29.0 Å². The monoisotopic (exact) mass is 364 g/mol. The fraction of sp³-hybridized carbons (Fsp3) is 0.500. The first-order valence-corrected chi connectivity index (χ1v) is 9.50. The summed E-state index contributed by atoms with van der Waals surface area (Å²) in [5.74, 6) is 1.10. The van der Waals surface area contributed by atoms with Gasteiger partial charge in [-0.05, 0) is 50.6 Å². The van der Waals surface area contributed by atoms with Crippen molar-refractivity contribution < 1.29 is 0 Å². The Morgan fingerprint density at radius 1 is 1.04 bits per heavy atom. The number of hydrogen-bond donors (Lipinski definition) is 1. The smallest absolute Gasteiger partial charge is 0.133 e. The predicted molar refractivity (Wildman–Crippen MR) is 99.8 cm³/mol. The fourth-order valence-corrected chi connectivity index (χ4v) is 4.26. The molecule has 2 aromatic rings. The van der Waals surface area contributed by atoms with Gasteiger partial charge in [-0.1, -0.05) is 29.6 Å². The molecular weight excluding hydrogens is 343 g/mol. The predicted octanol–water partition coefficient (Wildman–Crippen LogP) is 4.18. The van der Waals surface area contributed by atoms with Gasteiger partial charge in [0, 0.05) is 35.1 Å². The number of likely N-dealkylation sites (tertiary alicyclic amines) is 1. The normalized spacial score (nSPS) is 17.8. The van der Waals surface area contributed by atoms with Crippen molar-refractivity contribution in [2.24, 2.45) is 0 Å². The third-order valence-corrected chi connectivity index (χ3v) is 5.38. The third-order valence-electron chi connectivity index (χ3n) is 4.94. The van der Waals surface area contributed by atoms with E-state index in [1.807, 2.05) is 16.8 Å². The van der Waals surface area contributed by atoms with E-state index in [4.69, 9.17) is 28.3 Å². The summed E-state index contributed by atoms with van der Waals surface area (Å²) in [6, 6.07) is 5.57. The second kappa shape index (κ2) is 6.95. The molecular formula is C18H22Cl2N4. The van der Waals surface area contributed by atoms with Crippen LogP contribution in [0.4, 0.5) is 5.82 Å². The van der Waals surface area contributed by atoms with Crippen molar-refractivity contribution in [1.82, 2.24) is 14.7 Å². The average Bonchev–Trinajstić information content (AvgIpc) is 3.15. The molecule has 0 amide bonds. The highest BCUT2D eigenvalue weighted by Gasteiger charge is 2.23. The maximum absolute atomic E-state index is 6.17. The van der Waals surface area contributed by atoms with E-state index >= 15 is 0 Å². The van der Waals surface area contributed by atoms with E-state index in [2.05, 4.69) is 10.2 Å². The zero-order valence-electron chi connectivity index (χ0n) is 13.7. The van der Waals surface area contributed by atoms with Gasteiger partial charge < -0.3 is 10.2 Å². The average molecular weight is 365 g/mol. The third kappa shape index (κ3) is 3.28. The number of piperidine rings is 1. The van der Waals surface area contributed by atoms with Gasteiger partial charge in [-0.15, -0.1) is 0 Å². The van der Waals surface area contributed by atoms with Crippen LogP contribution in [0.25, 0.3) is 5.69 Å². The molecule has 3 heterocycles. The highest BCUT2D eigenvalue weighted by Crippen LogP contribution is 2.31. The Kier molecular flexibility index (Phi) is 4.70. The molecule has 1 aromatic heterocycles. The SMILES string of the molecule is Clc1cc(Cl)cc(-n2nc(CCN3CCCCC3)c3c2NCC3)c1. The van der Waals surface area contributed by atoms with E-state index in [1.165, 1.54) is 43.6 Å². The quantitative estimate of drug-likeness (QED) is 0.883. The van der Waals surface area contributed by atoms with Gasteiger partial charge in [0.1, 0.15) is 5.82 Å². The second-order valence-corrected chi connectivity index (χ2v) is 7.52. The number of nitrogens with one attached hydrogen (secondary N) is 1. The van der Waals surface area contributed by atoms with Crippen molar-refractivity contribution in [3.8, 4) is 5.69 Å². The molecule has 0 aliphatic carbocycles. The lowest BCUT2D eigenvalue weighted by Crippen LogP contribution is -2.31. The molecule has 2 aliphatic heterocycles. The van der Waals surface area contributed by atoms with E-state index in [-0.39, 0.29) is 0 Å². The van der Waals surface area contributed by atoms with Crippen LogP contribution in [0.3, 0.4) is 0 Å². The molecule has 1 fully saturated rings. The number of aromatic nitrogens is 2. The largest absolute Gasteiger partial charge is 0.369 e. The first-order valence-electron chi connectivity index (χ1n) is 8.74. The van der Waals surface area contributed by atoms with Crippen LogP contribution in [0.5, 0.6) is 0 Å². The minimum Gasteiger partial charge on any atom is -0.369 e. The number of benzene rings is 1. The Balaban J connectivity index is 1.60. The Labute approximate surface area is 152 Å². The highest BCUT2D eigenvalue weighted by atomic mass is 35.5. The number of halogens is 2. The van der Waals surface area contributed by atoms with Crippen molar-refractivity contribution in [2.75, 3.05) is 31.5 Å². The maximum atomic E-state index is 6.17. The lowest BCUT2D eigenvalue weighted by atomic mass is 10.1. The van der Waals surface area contributed by atoms with Crippen LogP contribution in [0.2, 0.25) is 10.0 Å². The van der Waals surface area contributed by atoms with Crippen molar-refractivity contribution in [3.05, 3.63) is 39.5 Å². The molecule has 1 saturated heterocycles. The molecule has 0 radical (unpaired) electrons. The Morgan fingerprint density at radius 2 is 1.79 bits per heavy atom. The summed E-state index contributed by atoms with van der Waals surface area (Å²) >= 11 is 12.3. The van der Waals surface area contributed by atoms with Crippen LogP contribution in [0, 0.1) is 0 Å². The molecule has 0 saturated carbocycles. The van der Waals surface area contributed by atoms with Crippen molar-refractivity contribution in [2.45, 2.75) is 32.1 Å². The molecule has 128 valence electrons. The van der Waals surface area contributed by atoms with E-state index in [0.29, 0.717) is 10.0 Å². The lowest BCUT2D eigenvalue weighted by molar-refractivity contribution is 0.230. The van der Waals surface area contributed by atoms with Crippen LogP contribution in [0.15, 0.2) is 18.2 Å². The minimum absolute atomic E-state index is 0.634. The molecule has 1 N–H and O–H groups in total. The van der Waals surface area contributed by atoms with Gasteiger partial charge in [0.2, 0.25) is 0 Å². The van der Waals surface area contributed by atoms with E-state index in [9.17, 15) is 0 Å². The molecule has 4 rings (SSSR count). The first-order chi connectivity index (χ1) is 11.7. The van der Waals surface area contributed by atoms with Gasteiger partial charge in [-0.3, -0.25) is 0 Å². The first kappa shape index (κ1) is 16.2. The molecule has 4 nitrogen and oxygen atoms in total. The summed E-state index contributed by atoms with van der Waals surface area (Å²) in [7, 11) is 0. The fourth-order valence-electron chi connectivity index (χ4n) is 3.74. The summed E-state index contributed by atoms with van der Waals surface area (Å²) in [6.07, 6.45) is 6.08. The summed E-state index contributed by atoms with van der Waals surface area (Å²) in [6.45, 7) is 4.52. The topological polar surface area (TPSA) is 33.1 Å². The molecule has 1 aromatic carbocycles. The second-order valence-electron chi connectivity index (χ2n) is 6.64. The minimum atomic E-state index is 0.634. The van der Waals surface area contributed by atoms with Gasteiger partial charge in [0.15, 0.2) is 0 Å². The summed E-state index contributed by atoms with van der Waals surface area (Å²) in [5, 5.41) is 9.61. The van der Waals surface area contributed by atoms with E-state index < -0.39 is 0 Å². The molecule has 6 heteroatoms. The number of anilines is 1. The van der Waals surface area contributed by atoms with Crippen molar-refractivity contribution in [1.29, 1.82) is 0 Å². The van der Waals surface area contributed by atoms with Crippen LogP contribution >= 0.6 is 23.2 Å². The van der Waals surface area contributed by atoms with Gasteiger partial charge in [-0.2, -0.15) is 5.10 Å². The van der Waals surface area contributed by atoms with Crippen LogP contribution in [-0.2, 0) is 12.8 Å². The number of rotatable bonds is 4. The molecule has 2 aliphatic rings. The number of hydrogen-bond acceptors (Lipinski definition) is 3. The van der Waals surface area contributed by atoms with Gasteiger partial charge >= 0.3 is 0 Å². The Hall–Kier alpha value is -1.23. The zero-order chi connectivity index (χ0) is 16.5. The standard InChI is InChI=1S/C18H22Cl2N4/c19-13-10-14(20)12-15(11-13)24-18-16(4-6-21-18)17(22-24)5-9-23-7-2-1-3-8-23/h10-12,21H,1-9H2.